The number of unbranched alkanes of at least 4 members (excludes halogenated alkanes) is 1. The van der Waals surface area contributed by atoms with Gasteiger partial charge in [-0.25, -0.2) is 0 Å². The summed E-state index contributed by atoms with van der Waals surface area (Å²) in [5.41, 5.74) is 0. The maximum atomic E-state index is 11.2. The Morgan fingerprint density at radius 3 is 2.64 bits per heavy atom. The fourth-order valence-corrected chi connectivity index (χ4v) is 1.11. The Hall–Kier alpha value is -0.610. The van der Waals surface area contributed by atoms with Crippen LogP contribution in [0.15, 0.2) is 0 Å². The van der Waals surface area contributed by atoms with Gasteiger partial charge >= 0.3 is 0 Å². The molecule has 0 aliphatic heterocycles. The maximum absolute atomic E-state index is 11.2. The molecular formula is C10H22N2O2. The highest BCUT2D eigenvalue weighted by atomic mass is 16.5. The summed E-state index contributed by atoms with van der Waals surface area (Å²) in [6.07, 6.45) is 3.47. The van der Waals surface area contributed by atoms with Crippen LogP contribution in [-0.4, -0.2) is 39.8 Å². The number of carbonyl (C=O) groups is 1. The Balaban J connectivity index is 3.11. The van der Waals surface area contributed by atoms with E-state index in [-0.39, 0.29) is 5.91 Å². The third-order valence-corrected chi connectivity index (χ3v) is 1.93. The van der Waals surface area contributed by atoms with Crippen LogP contribution in [0.2, 0.25) is 0 Å². The first-order valence-corrected chi connectivity index (χ1v) is 5.21. The van der Waals surface area contributed by atoms with Crippen molar-refractivity contribution in [2.75, 3.05) is 33.9 Å². The Morgan fingerprint density at radius 2 is 2.00 bits per heavy atom. The van der Waals surface area contributed by atoms with Gasteiger partial charge in [0.15, 0.2) is 0 Å². The van der Waals surface area contributed by atoms with Crippen LogP contribution in [0.4, 0.5) is 0 Å². The molecule has 0 rings (SSSR count). The van der Waals surface area contributed by atoms with Gasteiger partial charge in [0.2, 0.25) is 5.91 Å². The molecule has 4 nitrogen and oxygen atoms in total. The molecule has 84 valence electrons. The molecule has 14 heavy (non-hydrogen) atoms. The minimum Gasteiger partial charge on any atom is -0.385 e. The monoisotopic (exact) mass is 202 g/mol. The zero-order valence-corrected chi connectivity index (χ0v) is 9.27. The molecule has 0 aliphatic carbocycles. The number of nitrogens with one attached hydrogen (secondary N) is 2. The van der Waals surface area contributed by atoms with Crippen LogP contribution in [0, 0.1) is 0 Å². The maximum Gasteiger partial charge on any atom is 0.219 e. The second kappa shape index (κ2) is 10.5. The van der Waals surface area contributed by atoms with Gasteiger partial charge in [-0.3, -0.25) is 4.79 Å². The highest BCUT2D eigenvalue weighted by molar-refractivity contribution is 5.75. The van der Waals surface area contributed by atoms with Gasteiger partial charge in [0, 0.05) is 26.7 Å². The molecule has 2 N–H and O–H groups in total. The molecule has 0 aromatic carbocycles. The minimum absolute atomic E-state index is 0.150. The summed E-state index contributed by atoms with van der Waals surface area (Å²) in [5.74, 6) is 0.150. The van der Waals surface area contributed by atoms with Crippen molar-refractivity contribution in [2.24, 2.45) is 0 Å². The van der Waals surface area contributed by atoms with Gasteiger partial charge in [-0.2, -0.15) is 0 Å². The molecule has 0 aliphatic rings. The zero-order valence-electron chi connectivity index (χ0n) is 9.27. The summed E-state index contributed by atoms with van der Waals surface area (Å²) in [6, 6.07) is 0. The number of hydrogen-bond donors (Lipinski definition) is 2. The minimum atomic E-state index is 0.150. The van der Waals surface area contributed by atoms with Crippen LogP contribution < -0.4 is 10.6 Å². The zero-order chi connectivity index (χ0) is 10.6. The molecular weight excluding hydrogens is 180 g/mol. The average molecular weight is 202 g/mol. The molecule has 0 aromatic heterocycles. The van der Waals surface area contributed by atoms with Gasteiger partial charge in [-0.15, -0.1) is 0 Å². The molecule has 1 amide bonds. The lowest BCUT2D eigenvalue weighted by atomic mass is 10.2. The molecule has 0 saturated heterocycles. The average Bonchev–Trinajstić information content (AvgIpc) is 2.19. The normalized spacial score (nSPS) is 10.1. The summed E-state index contributed by atoms with van der Waals surface area (Å²) in [4.78, 5) is 11.2. The van der Waals surface area contributed by atoms with Gasteiger partial charge < -0.3 is 15.4 Å². The molecule has 0 saturated carbocycles. The number of carbonyl (C=O) groups excluding carboxylic acids is 1. The van der Waals surface area contributed by atoms with Gasteiger partial charge in [0.25, 0.3) is 0 Å². The lowest BCUT2D eigenvalue weighted by Crippen LogP contribution is -2.26. The van der Waals surface area contributed by atoms with Crippen molar-refractivity contribution in [3.8, 4) is 0 Å². The van der Waals surface area contributed by atoms with E-state index in [1.165, 1.54) is 0 Å². The molecule has 0 unspecified atom stereocenters. The molecule has 0 spiro atoms. The molecule has 0 bridgehead atoms. The van der Waals surface area contributed by atoms with Gasteiger partial charge in [0.1, 0.15) is 0 Å². The quantitative estimate of drug-likeness (QED) is 0.536. The second-order valence-corrected chi connectivity index (χ2v) is 3.26. The van der Waals surface area contributed by atoms with Gasteiger partial charge in [-0.05, 0) is 32.9 Å². The molecule has 0 aromatic rings. The fraction of sp³-hybridized carbons (Fsp3) is 0.900. The van der Waals surface area contributed by atoms with Crippen molar-refractivity contribution >= 4 is 5.91 Å². The number of amides is 1. The largest absolute Gasteiger partial charge is 0.385 e. The lowest BCUT2D eigenvalue weighted by Gasteiger charge is -2.04. The van der Waals surface area contributed by atoms with Crippen molar-refractivity contribution in [2.45, 2.75) is 25.7 Å². The third kappa shape index (κ3) is 9.48. The Kier molecular flexibility index (Phi) is 10.0. The second-order valence-electron chi connectivity index (χ2n) is 3.26. The Labute approximate surface area is 86.4 Å². The van der Waals surface area contributed by atoms with Crippen molar-refractivity contribution < 1.29 is 9.53 Å². The van der Waals surface area contributed by atoms with E-state index < -0.39 is 0 Å². The van der Waals surface area contributed by atoms with E-state index in [0.717, 1.165) is 39.0 Å². The smallest absolute Gasteiger partial charge is 0.219 e. The standard InChI is InChI=1S/C10H22N2O2/c1-11-7-5-8-12-10(13)6-3-4-9-14-2/h11H,3-9H2,1-2H3,(H,12,13). The van der Waals surface area contributed by atoms with E-state index in [1.807, 2.05) is 7.05 Å². The van der Waals surface area contributed by atoms with E-state index >= 15 is 0 Å². The fourth-order valence-electron chi connectivity index (χ4n) is 1.11. The lowest BCUT2D eigenvalue weighted by molar-refractivity contribution is -0.121. The van der Waals surface area contributed by atoms with E-state index in [2.05, 4.69) is 10.6 Å². The summed E-state index contributed by atoms with van der Waals surface area (Å²) in [6.45, 7) is 2.46. The number of hydrogen-bond acceptors (Lipinski definition) is 3. The van der Waals surface area contributed by atoms with Crippen LogP contribution in [0.1, 0.15) is 25.7 Å². The number of rotatable bonds is 9. The molecule has 0 fully saturated rings. The predicted octanol–water partition coefficient (Wildman–Crippen LogP) is 0.529. The van der Waals surface area contributed by atoms with Crippen LogP contribution in [0.25, 0.3) is 0 Å². The number of ether oxygens (including phenoxy) is 1. The van der Waals surface area contributed by atoms with Crippen molar-refractivity contribution in [3.05, 3.63) is 0 Å². The molecule has 0 atom stereocenters. The van der Waals surface area contributed by atoms with Crippen molar-refractivity contribution in [1.29, 1.82) is 0 Å². The van der Waals surface area contributed by atoms with E-state index in [1.54, 1.807) is 7.11 Å². The SMILES string of the molecule is CNCCCNC(=O)CCCCOC. The summed E-state index contributed by atoms with van der Waals surface area (Å²) in [7, 11) is 3.59. The predicted molar refractivity (Wildman–Crippen MR) is 57.3 cm³/mol. The Bertz CT molecular complexity index is 126. The van der Waals surface area contributed by atoms with Crippen LogP contribution in [0.5, 0.6) is 0 Å². The van der Waals surface area contributed by atoms with Crippen LogP contribution in [0.3, 0.4) is 0 Å². The van der Waals surface area contributed by atoms with Crippen molar-refractivity contribution in [3.63, 3.8) is 0 Å². The van der Waals surface area contributed by atoms with Crippen LogP contribution in [-0.2, 0) is 9.53 Å². The summed E-state index contributed by atoms with van der Waals surface area (Å²) in [5, 5.41) is 5.91. The van der Waals surface area contributed by atoms with E-state index in [9.17, 15) is 4.79 Å². The van der Waals surface area contributed by atoms with Crippen molar-refractivity contribution in [1.82, 2.24) is 10.6 Å². The first-order valence-electron chi connectivity index (χ1n) is 5.21. The van der Waals surface area contributed by atoms with Gasteiger partial charge in [0.05, 0.1) is 0 Å². The first-order chi connectivity index (χ1) is 6.81. The van der Waals surface area contributed by atoms with Crippen LogP contribution >= 0.6 is 0 Å². The summed E-state index contributed by atoms with van der Waals surface area (Å²) >= 11 is 0. The molecule has 0 radical (unpaired) electrons. The Morgan fingerprint density at radius 1 is 1.21 bits per heavy atom. The highest BCUT2D eigenvalue weighted by Gasteiger charge is 1.99. The third-order valence-electron chi connectivity index (χ3n) is 1.93. The van der Waals surface area contributed by atoms with E-state index in [4.69, 9.17) is 4.74 Å². The van der Waals surface area contributed by atoms with Gasteiger partial charge in [-0.1, -0.05) is 0 Å². The highest BCUT2D eigenvalue weighted by Crippen LogP contribution is 1.94. The molecule has 4 heteroatoms. The topological polar surface area (TPSA) is 50.4 Å². The summed E-state index contributed by atoms with van der Waals surface area (Å²) < 4.78 is 4.90. The first kappa shape index (κ1) is 13.4. The molecule has 0 heterocycles. The number of methoxy groups -OCH3 is 1. The van der Waals surface area contributed by atoms with E-state index in [0.29, 0.717) is 6.42 Å².